The predicted molar refractivity (Wildman–Crippen MR) is 47.5 cm³/mol. The van der Waals surface area contributed by atoms with Crippen molar-refractivity contribution in [2.45, 2.75) is 6.04 Å². The quantitative estimate of drug-likeness (QED) is 0.679. The Morgan fingerprint density at radius 3 is 3.15 bits per heavy atom. The van der Waals surface area contributed by atoms with Crippen LogP contribution >= 0.6 is 11.6 Å². The fraction of sp³-hybridized carbons (Fsp3) is 0.222. The van der Waals surface area contributed by atoms with Crippen molar-refractivity contribution in [3.63, 3.8) is 0 Å². The molecule has 4 heteroatoms. The van der Waals surface area contributed by atoms with Gasteiger partial charge in [-0.15, -0.1) is 0 Å². The van der Waals surface area contributed by atoms with E-state index in [0.29, 0.717) is 17.2 Å². The van der Waals surface area contributed by atoms with Crippen molar-refractivity contribution in [3.05, 3.63) is 34.6 Å². The van der Waals surface area contributed by atoms with E-state index in [1.165, 1.54) is 12.1 Å². The van der Waals surface area contributed by atoms with Crippen molar-refractivity contribution in [1.29, 1.82) is 0 Å². The third-order valence-electron chi connectivity index (χ3n) is 1.83. The summed E-state index contributed by atoms with van der Waals surface area (Å²) in [4.78, 5) is 3.84. The Balaban J connectivity index is 2.37. The second-order valence-corrected chi connectivity index (χ2v) is 3.15. The van der Waals surface area contributed by atoms with E-state index in [0.717, 1.165) is 0 Å². The van der Waals surface area contributed by atoms with Crippen LogP contribution in [0.4, 0.5) is 4.39 Å². The molecule has 0 fully saturated rings. The topological polar surface area (TPSA) is 21.6 Å². The highest BCUT2D eigenvalue weighted by Gasteiger charge is 2.18. The molecule has 1 aromatic carbocycles. The van der Waals surface area contributed by atoms with Crippen molar-refractivity contribution >= 4 is 18.0 Å². The number of aliphatic imine (C=N–C) groups is 1. The van der Waals surface area contributed by atoms with Gasteiger partial charge >= 0.3 is 0 Å². The molecule has 0 amide bonds. The number of halogens is 2. The van der Waals surface area contributed by atoms with Gasteiger partial charge in [-0.25, -0.2) is 9.38 Å². The first-order valence-electron chi connectivity index (χ1n) is 3.79. The van der Waals surface area contributed by atoms with Crippen LogP contribution in [0.2, 0.25) is 5.02 Å². The molecule has 0 bridgehead atoms. The summed E-state index contributed by atoms with van der Waals surface area (Å²) in [5.41, 5.74) is 0.456. The third-order valence-corrected chi connectivity index (χ3v) is 2.07. The fourth-order valence-corrected chi connectivity index (χ4v) is 1.36. The molecule has 1 radical (unpaired) electrons. The van der Waals surface area contributed by atoms with Crippen molar-refractivity contribution in [1.82, 2.24) is 0 Å². The van der Waals surface area contributed by atoms with E-state index in [-0.39, 0.29) is 11.9 Å². The summed E-state index contributed by atoms with van der Waals surface area (Å²) in [6.07, 6.45) is 2.33. The van der Waals surface area contributed by atoms with Gasteiger partial charge in [0.2, 0.25) is 0 Å². The molecule has 0 saturated carbocycles. The highest BCUT2D eigenvalue weighted by molar-refractivity contribution is 6.30. The zero-order chi connectivity index (χ0) is 9.26. The Kier molecular flexibility index (Phi) is 2.19. The van der Waals surface area contributed by atoms with Gasteiger partial charge in [-0.05, 0) is 18.2 Å². The van der Waals surface area contributed by atoms with Crippen LogP contribution in [0.25, 0.3) is 0 Å². The van der Waals surface area contributed by atoms with Crippen LogP contribution in [0.15, 0.2) is 23.2 Å². The molecule has 0 saturated heterocycles. The van der Waals surface area contributed by atoms with Crippen LogP contribution in [0.5, 0.6) is 0 Å². The minimum absolute atomic E-state index is 0.307. The maximum Gasteiger partial charge on any atom is 0.273 e. The molecule has 1 unspecified atom stereocenters. The Bertz CT molecular complexity index is 353. The second-order valence-electron chi connectivity index (χ2n) is 2.71. The van der Waals surface area contributed by atoms with E-state index >= 15 is 0 Å². The van der Waals surface area contributed by atoms with Crippen LogP contribution in [0.3, 0.4) is 0 Å². The SMILES string of the molecule is Fc1ccc(Cl)cc1C1CO[C]=N1. The minimum Gasteiger partial charge on any atom is -0.471 e. The largest absolute Gasteiger partial charge is 0.471 e. The molecular weight excluding hydrogens is 193 g/mol. The lowest BCUT2D eigenvalue weighted by Gasteiger charge is -2.06. The summed E-state index contributed by atoms with van der Waals surface area (Å²) in [7, 11) is 0. The van der Waals surface area contributed by atoms with Gasteiger partial charge in [-0.1, -0.05) is 11.6 Å². The maximum atomic E-state index is 13.2. The summed E-state index contributed by atoms with van der Waals surface area (Å²) < 4.78 is 18.0. The molecule has 2 rings (SSSR count). The van der Waals surface area contributed by atoms with E-state index in [4.69, 9.17) is 16.3 Å². The number of hydrogen-bond donors (Lipinski definition) is 0. The molecule has 0 N–H and O–H groups in total. The first kappa shape index (κ1) is 8.51. The Morgan fingerprint density at radius 1 is 1.62 bits per heavy atom. The van der Waals surface area contributed by atoms with Crippen molar-refractivity contribution in [2.75, 3.05) is 6.61 Å². The summed E-state index contributed by atoms with van der Waals surface area (Å²) in [5, 5.41) is 0.499. The number of ether oxygens (including phenoxy) is 1. The Morgan fingerprint density at radius 2 is 2.46 bits per heavy atom. The summed E-state index contributed by atoms with van der Waals surface area (Å²) >= 11 is 5.73. The van der Waals surface area contributed by atoms with Crippen LogP contribution in [0, 0.1) is 5.82 Å². The van der Waals surface area contributed by atoms with Gasteiger partial charge < -0.3 is 4.74 Å². The molecule has 1 aliphatic rings. The molecule has 1 atom stereocenters. The summed E-state index contributed by atoms with van der Waals surface area (Å²) in [5.74, 6) is -0.314. The fourth-order valence-electron chi connectivity index (χ4n) is 1.18. The van der Waals surface area contributed by atoms with E-state index in [2.05, 4.69) is 11.4 Å². The molecule has 1 aromatic rings. The van der Waals surface area contributed by atoms with Gasteiger partial charge in [0.1, 0.15) is 18.5 Å². The summed E-state index contributed by atoms with van der Waals surface area (Å²) in [6, 6.07) is 4.08. The van der Waals surface area contributed by atoms with Crippen LogP contribution < -0.4 is 0 Å². The average Bonchev–Trinajstić information content (AvgIpc) is 2.61. The van der Waals surface area contributed by atoms with Gasteiger partial charge in [0.05, 0.1) is 0 Å². The molecule has 13 heavy (non-hydrogen) atoms. The van der Waals surface area contributed by atoms with Gasteiger partial charge in [0.15, 0.2) is 0 Å². The lowest BCUT2D eigenvalue weighted by atomic mass is 10.1. The van der Waals surface area contributed by atoms with Gasteiger partial charge in [-0.2, -0.15) is 0 Å². The van der Waals surface area contributed by atoms with Gasteiger partial charge in [0.25, 0.3) is 6.40 Å². The second kappa shape index (κ2) is 3.34. The van der Waals surface area contributed by atoms with Crippen LogP contribution in [0.1, 0.15) is 11.6 Å². The first-order valence-corrected chi connectivity index (χ1v) is 4.17. The lowest BCUT2D eigenvalue weighted by molar-refractivity contribution is 0.327. The van der Waals surface area contributed by atoms with Crippen LogP contribution in [-0.4, -0.2) is 13.0 Å². The number of nitrogens with zero attached hydrogens (tertiary/aromatic N) is 1. The van der Waals surface area contributed by atoms with E-state index < -0.39 is 0 Å². The van der Waals surface area contributed by atoms with Crippen molar-refractivity contribution in [3.8, 4) is 0 Å². The molecule has 1 aliphatic heterocycles. The Hall–Kier alpha value is -1.09. The highest BCUT2D eigenvalue weighted by Crippen LogP contribution is 2.26. The molecular formula is C9H6ClFNO. The number of benzene rings is 1. The Labute approximate surface area is 80.0 Å². The average molecular weight is 199 g/mol. The van der Waals surface area contributed by atoms with E-state index in [1.54, 1.807) is 6.07 Å². The normalized spacial score (nSPS) is 20.3. The number of rotatable bonds is 1. The van der Waals surface area contributed by atoms with E-state index in [9.17, 15) is 4.39 Å². The monoisotopic (exact) mass is 198 g/mol. The molecule has 0 spiro atoms. The molecule has 2 nitrogen and oxygen atoms in total. The zero-order valence-electron chi connectivity index (χ0n) is 6.63. The maximum absolute atomic E-state index is 13.2. The van der Waals surface area contributed by atoms with Gasteiger partial charge in [0, 0.05) is 10.6 Å². The summed E-state index contributed by atoms with van der Waals surface area (Å²) in [6.45, 7) is 0.331. The molecule has 0 aromatic heterocycles. The van der Waals surface area contributed by atoms with Crippen molar-refractivity contribution in [2.24, 2.45) is 4.99 Å². The zero-order valence-corrected chi connectivity index (χ0v) is 7.38. The number of hydrogen-bond acceptors (Lipinski definition) is 2. The predicted octanol–water partition coefficient (Wildman–Crippen LogP) is 2.46. The smallest absolute Gasteiger partial charge is 0.273 e. The standard InChI is InChI=1S/C9H6ClFNO/c10-6-1-2-8(11)7(3-6)9-4-13-5-12-9/h1-3,9H,4H2. The molecule has 0 aliphatic carbocycles. The first-order chi connectivity index (χ1) is 6.27. The molecule has 67 valence electrons. The van der Waals surface area contributed by atoms with E-state index in [1.807, 2.05) is 0 Å². The highest BCUT2D eigenvalue weighted by atomic mass is 35.5. The minimum atomic E-state index is -0.314. The van der Waals surface area contributed by atoms with Gasteiger partial charge in [-0.3, -0.25) is 0 Å². The third kappa shape index (κ3) is 1.65. The van der Waals surface area contributed by atoms with Crippen LogP contribution in [-0.2, 0) is 4.74 Å². The van der Waals surface area contributed by atoms with Crippen molar-refractivity contribution < 1.29 is 9.13 Å². The lowest BCUT2D eigenvalue weighted by Crippen LogP contribution is -2.00. The molecule has 1 heterocycles.